The smallest absolute Gasteiger partial charge is 0.0855 e. The second-order valence-electron chi connectivity index (χ2n) is 5.08. The van der Waals surface area contributed by atoms with E-state index in [1.807, 2.05) is 30.3 Å². The van der Waals surface area contributed by atoms with Crippen molar-refractivity contribution in [3.63, 3.8) is 0 Å². The zero-order chi connectivity index (χ0) is 13.9. The summed E-state index contributed by atoms with van der Waals surface area (Å²) in [5.41, 5.74) is 3.56. The molecule has 1 N–H and O–H groups in total. The molecule has 0 spiro atoms. The predicted octanol–water partition coefficient (Wildman–Crippen LogP) is 4.03. The minimum absolute atomic E-state index is 0.00837. The third-order valence-electron chi connectivity index (χ3n) is 3.79. The number of hydrogen-bond acceptors (Lipinski definition) is 2. The highest BCUT2D eigenvalue weighted by atomic mass is 127. The molecule has 1 heterocycles. The van der Waals surface area contributed by atoms with Crippen molar-refractivity contribution in [1.29, 1.82) is 0 Å². The van der Waals surface area contributed by atoms with Gasteiger partial charge in [0, 0.05) is 9.99 Å². The second-order valence-corrected chi connectivity index (χ2v) is 6.24. The van der Waals surface area contributed by atoms with Gasteiger partial charge in [-0.15, -0.1) is 0 Å². The van der Waals surface area contributed by atoms with Crippen molar-refractivity contribution >= 4 is 22.6 Å². The first-order valence-electron chi connectivity index (χ1n) is 6.87. The molecule has 3 heteroatoms. The largest absolute Gasteiger partial charge is 0.388 e. The van der Waals surface area contributed by atoms with Crippen molar-refractivity contribution in [2.45, 2.75) is 25.0 Å². The predicted molar refractivity (Wildman–Crippen MR) is 87.6 cm³/mol. The van der Waals surface area contributed by atoms with E-state index in [1.54, 1.807) is 0 Å². The molecule has 2 aromatic rings. The van der Waals surface area contributed by atoms with Gasteiger partial charge in [-0.1, -0.05) is 42.5 Å². The third kappa shape index (κ3) is 2.90. The molecule has 0 aliphatic carbocycles. The minimum Gasteiger partial charge on any atom is -0.388 e. The molecule has 2 unspecified atom stereocenters. The van der Waals surface area contributed by atoms with Gasteiger partial charge in [0.05, 0.1) is 18.8 Å². The number of aliphatic hydroxyl groups excluding tert-OH is 1. The Balaban J connectivity index is 1.81. The van der Waals surface area contributed by atoms with Gasteiger partial charge in [0.15, 0.2) is 0 Å². The van der Waals surface area contributed by atoms with Crippen molar-refractivity contribution in [2.75, 3.05) is 6.61 Å². The van der Waals surface area contributed by atoms with Crippen molar-refractivity contribution < 1.29 is 9.84 Å². The highest BCUT2D eigenvalue weighted by Crippen LogP contribution is 2.35. The Kier molecular flexibility index (Phi) is 4.38. The van der Waals surface area contributed by atoms with Crippen molar-refractivity contribution in [2.24, 2.45) is 0 Å². The Bertz CT molecular complexity index is 597. The van der Waals surface area contributed by atoms with E-state index in [4.69, 9.17) is 4.74 Å². The summed E-state index contributed by atoms with van der Waals surface area (Å²) in [5, 5.41) is 10.5. The molecule has 0 fully saturated rings. The van der Waals surface area contributed by atoms with Crippen LogP contribution < -0.4 is 0 Å². The van der Waals surface area contributed by atoms with Gasteiger partial charge in [-0.25, -0.2) is 0 Å². The maximum atomic E-state index is 10.5. The van der Waals surface area contributed by atoms with E-state index < -0.39 is 6.10 Å². The lowest BCUT2D eigenvalue weighted by Gasteiger charge is -2.28. The van der Waals surface area contributed by atoms with E-state index in [0.717, 1.165) is 22.2 Å². The van der Waals surface area contributed by atoms with Crippen molar-refractivity contribution in [3.05, 3.63) is 68.8 Å². The Morgan fingerprint density at radius 2 is 1.90 bits per heavy atom. The van der Waals surface area contributed by atoms with Gasteiger partial charge < -0.3 is 9.84 Å². The Morgan fingerprint density at radius 1 is 1.15 bits per heavy atom. The van der Waals surface area contributed by atoms with Crippen LogP contribution in [0.25, 0.3) is 0 Å². The van der Waals surface area contributed by atoms with E-state index in [-0.39, 0.29) is 6.10 Å². The van der Waals surface area contributed by atoms with Gasteiger partial charge in [-0.3, -0.25) is 0 Å². The minimum atomic E-state index is -0.487. The maximum absolute atomic E-state index is 10.5. The van der Waals surface area contributed by atoms with Gasteiger partial charge >= 0.3 is 0 Å². The maximum Gasteiger partial charge on any atom is 0.0855 e. The van der Waals surface area contributed by atoms with Gasteiger partial charge in [-0.2, -0.15) is 0 Å². The van der Waals surface area contributed by atoms with Gasteiger partial charge in [-0.05, 0) is 51.8 Å². The van der Waals surface area contributed by atoms with Crippen LogP contribution in [0.3, 0.4) is 0 Å². The summed E-state index contributed by atoms with van der Waals surface area (Å²) in [6.07, 6.45) is 1.08. The van der Waals surface area contributed by atoms with E-state index in [9.17, 15) is 5.11 Å². The SMILES string of the molecule is OC(CC1OCCc2ccccc21)c1ccccc1I. The molecule has 20 heavy (non-hydrogen) atoms. The van der Waals surface area contributed by atoms with Crippen LogP contribution in [0.4, 0.5) is 0 Å². The molecule has 2 aromatic carbocycles. The molecule has 0 saturated carbocycles. The third-order valence-corrected chi connectivity index (χ3v) is 4.78. The molecule has 2 nitrogen and oxygen atoms in total. The molecular weight excluding hydrogens is 363 g/mol. The van der Waals surface area contributed by atoms with Crippen LogP contribution in [0.15, 0.2) is 48.5 Å². The van der Waals surface area contributed by atoms with Crippen LogP contribution in [-0.2, 0) is 11.2 Å². The first-order valence-corrected chi connectivity index (χ1v) is 7.95. The van der Waals surface area contributed by atoms with Gasteiger partial charge in [0.1, 0.15) is 0 Å². The number of benzene rings is 2. The number of aliphatic hydroxyl groups is 1. The lowest BCUT2D eigenvalue weighted by atomic mass is 9.92. The van der Waals surface area contributed by atoms with E-state index in [2.05, 4.69) is 40.8 Å². The zero-order valence-electron chi connectivity index (χ0n) is 11.1. The molecule has 0 bridgehead atoms. The van der Waals surface area contributed by atoms with Gasteiger partial charge in [0.25, 0.3) is 0 Å². The first-order chi connectivity index (χ1) is 9.75. The normalized spacial score (nSPS) is 19.4. The Hall–Kier alpha value is -0.910. The van der Waals surface area contributed by atoms with Crippen LogP contribution in [0.1, 0.15) is 35.3 Å². The molecule has 2 atom stereocenters. The van der Waals surface area contributed by atoms with Crippen molar-refractivity contribution in [1.82, 2.24) is 0 Å². The van der Waals surface area contributed by atoms with E-state index >= 15 is 0 Å². The van der Waals surface area contributed by atoms with Crippen LogP contribution in [-0.4, -0.2) is 11.7 Å². The standard InChI is InChI=1S/C17H17IO2/c18-15-8-4-3-7-14(15)16(19)11-17-13-6-2-1-5-12(13)9-10-20-17/h1-8,16-17,19H,9-11H2. The van der Waals surface area contributed by atoms with Crippen LogP contribution in [0.5, 0.6) is 0 Å². The molecular formula is C17H17IO2. The summed E-state index contributed by atoms with van der Waals surface area (Å²) in [6.45, 7) is 0.736. The molecule has 1 aliphatic heterocycles. The van der Waals surface area contributed by atoms with E-state index in [0.29, 0.717) is 6.42 Å². The summed E-state index contributed by atoms with van der Waals surface area (Å²) in [7, 11) is 0. The molecule has 0 radical (unpaired) electrons. The summed E-state index contributed by atoms with van der Waals surface area (Å²) in [4.78, 5) is 0. The molecule has 1 aliphatic rings. The number of rotatable bonds is 3. The summed E-state index contributed by atoms with van der Waals surface area (Å²) in [6, 6.07) is 16.3. The van der Waals surface area contributed by atoms with Gasteiger partial charge in [0.2, 0.25) is 0 Å². The fourth-order valence-corrected chi connectivity index (χ4v) is 3.49. The highest BCUT2D eigenvalue weighted by Gasteiger charge is 2.24. The topological polar surface area (TPSA) is 29.5 Å². The number of halogens is 1. The number of ether oxygens (including phenoxy) is 1. The van der Waals surface area contributed by atoms with Crippen molar-refractivity contribution in [3.8, 4) is 0 Å². The lowest BCUT2D eigenvalue weighted by Crippen LogP contribution is -2.18. The summed E-state index contributed by atoms with van der Waals surface area (Å²) >= 11 is 2.27. The quantitative estimate of drug-likeness (QED) is 0.815. The Labute approximate surface area is 132 Å². The first kappa shape index (κ1) is 14.0. The summed E-state index contributed by atoms with van der Waals surface area (Å²) < 4.78 is 6.97. The fraction of sp³-hybridized carbons (Fsp3) is 0.294. The van der Waals surface area contributed by atoms with Crippen LogP contribution in [0.2, 0.25) is 0 Å². The highest BCUT2D eigenvalue weighted by molar-refractivity contribution is 14.1. The molecule has 0 aromatic heterocycles. The molecule has 3 rings (SSSR count). The fourth-order valence-electron chi connectivity index (χ4n) is 2.75. The molecule has 104 valence electrons. The average molecular weight is 380 g/mol. The zero-order valence-corrected chi connectivity index (χ0v) is 13.3. The number of hydrogen-bond donors (Lipinski definition) is 1. The van der Waals surface area contributed by atoms with Crippen LogP contribution in [0, 0.1) is 3.57 Å². The average Bonchev–Trinajstić information content (AvgIpc) is 2.48. The Morgan fingerprint density at radius 3 is 2.75 bits per heavy atom. The van der Waals surface area contributed by atoms with Crippen LogP contribution >= 0.6 is 22.6 Å². The molecule has 0 saturated heterocycles. The van der Waals surface area contributed by atoms with E-state index in [1.165, 1.54) is 11.1 Å². The summed E-state index contributed by atoms with van der Waals surface area (Å²) in [5.74, 6) is 0. The molecule has 0 amide bonds. The monoisotopic (exact) mass is 380 g/mol. The second kappa shape index (κ2) is 6.24. The number of fused-ring (bicyclic) bond motifs is 1. The lowest BCUT2D eigenvalue weighted by molar-refractivity contribution is 0.00359.